The second-order valence-electron chi connectivity index (χ2n) is 6.08. The van der Waals surface area contributed by atoms with Crippen molar-refractivity contribution in [1.82, 2.24) is 29.9 Å². The van der Waals surface area contributed by atoms with Gasteiger partial charge in [0.25, 0.3) is 0 Å². The van der Waals surface area contributed by atoms with Gasteiger partial charge in [-0.2, -0.15) is 15.0 Å². The third-order valence-electron chi connectivity index (χ3n) is 4.01. The smallest absolute Gasteiger partial charge is 0.319 e. The van der Waals surface area contributed by atoms with Crippen molar-refractivity contribution in [3.8, 4) is 35.7 Å². The van der Waals surface area contributed by atoms with Crippen LogP contribution in [0.15, 0.2) is 18.6 Å². The van der Waals surface area contributed by atoms with Crippen molar-refractivity contribution < 1.29 is 38.3 Å². The molecule has 204 valence electrons. The minimum Gasteiger partial charge on any atom is -0.481 e. The number of nitrogens with zero attached hydrogens (tertiary/aromatic N) is 6. The normalized spacial score (nSPS) is 9.19. The van der Waals surface area contributed by atoms with Crippen LogP contribution in [0.25, 0.3) is 0 Å². The third kappa shape index (κ3) is 10.2. The quantitative estimate of drug-likeness (QED) is 0.357. The minimum atomic E-state index is -0.146. The average molecular weight is 544 g/mol. The van der Waals surface area contributed by atoms with Crippen LogP contribution in [0.1, 0.15) is 21.5 Å². The van der Waals surface area contributed by atoms with Crippen molar-refractivity contribution in [3.63, 3.8) is 0 Å². The zero-order chi connectivity index (χ0) is 26.9. The van der Waals surface area contributed by atoms with Gasteiger partial charge in [-0.15, -0.1) is 12.4 Å². The van der Waals surface area contributed by atoms with Crippen LogP contribution in [0.5, 0.6) is 35.7 Å². The molecule has 0 aliphatic rings. The molecule has 15 nitrogen and oxygen atoms in total. The fourth-order valence-electron chi connectivity index (χ4n) is 2.25. The van der Waals surface area contributed by atoms with E-state index in [1.54, 1.807) is 6.20 Å². The summed E-state index contributed by atoms with van der Waals surface area (Å²) in [5.74, 6) is 1.02. The lowest BCUT2D eigenvalue weighted by atomic mass is 10.3. The van der Waals surface area contributed by atoms with Crippen molar-refractivity contribution >= 4 is 18.7 Å². The monoisotopic (exact) mass is 543 g/mol. The second-order valence-corrected chi connectivity index (χ2v) is 6.08. The highest BCUT2D eigenvalue weighted by molar-refractivity contribution is 5.85. The Balaban J connectivity index is 0.000000518. The molecule has 0 aliphatic carbocycles. The topological polar surface area (TPSA) is 196 Å². The molecule has 3 aromatic heterocycles. The first-order chi connectivity index (χ1) is 17.4. The molecule has 37 heavy (non-hydrogen) atoms. The van der Waals surface area contributed by atoms with Crippen LogP contribution in [-0.4, -0.2) is 84.0 Å². The van der Waals surface area contributed by atoms with E-state index in [1.165, 1.54) is 55.1 Å². The summed E-state index contributed by atoms with van der Waals surface area (Å²) in [6, 6.07) is 0.686. The molecule has 3 aromatic rings. The number of aldehydes is 1. The molecule has 0 atom stereocenters. The summed E-state index contributed by atoms with van der Waals surface area (Å²) in [5, 5.41) is 8.81. The van der Waals surface area contributed by atoms with E-state index in [1.807, 2.05) is 0 Å². The Morgan fingerprint density at radius 3 is 1.49 bits per heavy atom. The van der Waals surface area contributed by atoms with E-state index in [4.69, 9.17) is 39.3 Å². The number of carbonyl (C=O) groups is 1. The molecule has 0 aromatic carbocycles. The van der Waals surface area contributed by atoms with Crippen LogP contribution >= 0.6 is 12.4 Å². The van der Waals surface area contributed by atoms with Gasteiger partial charge in [-0.25, -0.2) is 15.0 Å². The van der Waals surface area contributed by atoms with E-state index in [0.717, 1.165) is 5.56 Å². The SMILES string of the molecule is COc1ncc(C=O)c(OC)n1.COc1ncc(CN)c(OC)n1.COc1ncc(CO)c(OC)n1.Cl. The van der Waals surface area contributed by atoms with Gasteiger partial charge >= 0.3 is 18.0 Å². The van der Waals surface area contributed by atoms with Crippen LogP contribution in [0.3, 0.4) is 0 Å². The summed E-state index contributed by atoms with van der Waals surface area (Å²) in [7, 11) is 8.83. The van der Waals surface area contributed by atoms with Crippen molar-refractivity contribution in [2.45, 2.75) is 13.2 Å². The van der Waals surface area contributed by atoms with E-state index in [2.05, 4.69) is 29.9 Å². The van der Waals surface area contributed by atoms with Gasteiger partial charge < -0.3 is 39.3 Å². The van der Waals surface area contributed by atoms with Gasteiger partial charge in [0.2, 0.25) is 17.6 Å². The number of aromatic nitrogens is 6. The predicted octanol–water partition coefficient (Wildman–Crippen LogP) is 0.667. The summed E-state index contributed by atoms with van der Waals surface area (Å²) in [4.78, 5) is 33.4. The maximum absolute atomic E-state index is 10.4. The molecule has 0 radical (unpaired) electrons. The summed E-state index contributed by atoms with van der Waals surface area (Å²) < 4.78 is 29.0. The molecule has 0 unspecified atom stereocenters. The van der Waals surface area contributed by atoms with Crippen molar-refractivity contribution in [3.05, 3.63) is 35.3 Å². The standard InChI is InChI=1S/C7H11N3O2.C7H10N2O3.C7H8N2O3.ClH/c1-11-6-5(3-8)4-9-7(10-6)12-2;2*1-11-6-5(4-10)3-8-7(9-6)12-2;/h4H,3,8H2,1-2H3;3,10H,4H2,1-2H3;3-4H,1-2H3;1H. The van der Waals surface area contributed by atoms with E-state index < -0.39 is 0 Å². The van der Waals surface area contributed by atoms with Gasteiger partial charge in [-0.1, -0.05) is 0 Å². The predicted molar refractivity (Wildman–Crippen MR) is 132 cm³/mol. The zero-order valence-corrected chi connectivity index (χ0v) is 22.0. The van der Waals surface area contributed by atoms with E-state index >= 15 is 0 Å². The number of aliphatic hydroxyl groups is 1. The maximum Gasteiger partial charge on any atom is 0.319 e. The molecule has 3 heterocycles. The van der Waals surface area contributed by atoms with E-state index in [0.29, 0.717) is 35.7 Å². The summed E-state index contributed by atoms with van der Waals surface area (Å²) in [5.41, 5.74) is 7.02. The third-order valence-corrected chi connectivity index (χ3v) is 4.01. The van der Waals surface area contributed by atoms with Gasteiger partial charge in [0, 0.05) is 30.7 Å². The number of rotatable bonds is 9. The van der Waals surface area contributed by atoms with Crippen LogP contribution in [0.4, 0.5) is 0 Å². The molecule has 0 bridgehead atoms. The van der Waals surface area contributed by atoms with Gasteiger partial charge in [0.05, 0.1) is 60.4 Å². The largest absolute Gasteiger partial charge is 0.481 e. The van der Waals surface area contributed by atoms with Crippen molar-refractivity contribution in [2.24, 2.45) is 5.73 Å². The molecule has 0 fully saturated rings. The van der Waals surface area contributed by atoms with Crippen LogP contribution in [-0.2, 0) is 13.2 Å². The first-order valence-electron chi connectivity index (χ1n) is 10.0. The Bertz CT molecular complexity index is 1040. The Morgan fingerprint density at radius 2 is 1.11 bits per heavy atom. The minimum absolute atomic E-state index is 0. The summed E-state index contributed by atoms with van der Waals surface area (Å²) in [6.07, 6.45) is 5.02. The molecular weight excluding hydrogens is 514 g/mol. The Kier molecular flexibility index (Phi) is 16.2. The molecular formula is C21H30ClN7O8. The molecule has 16 heteroatoms. The Morgan fingerprint density at radius 1 is 0.703 bits per heavy atom. The van der Waals surface area contributed by atoms with Gasteiger partial charge in [-0.3, -0.25) is 4.79 Å². The van der Waals surface area contributed by atoms with Crippen LogP contribution in [0, 0.1) is 0 Å². The highest BCUT2D eigenvalue weighted by Gasteiger charge is 2.07. The summed E-state index contributed by atoms with van der Waals surface area (Å²) in [6.45, 7) is 0.209. The number of halogens is 1. The number of hydrogen-bond acceptors (Lipinski definition) is 15. The van der Waals surface area contributed by atoms with Crippen molar-refractivity contribution in [2.75, 3.05) is 42.7 Å². The highest BCUT2D eigenvalue weighted by atomic mass is 35.5. The Hall–Kier alpha value is -4.08. The van der Waals surface area contributed by atoms with Gasteiger partial charge in [0.1, 0.15) is 0 Å². The molecule has 3 N–H and O–H groups in total. The van der Waals surface area contributed by atoms with Crippen LogP contribution in [0.2, 0.25) is 0 Å². The maximum atomic E-state index is 10.4. The fourth-order valence-corrected chi connectivity index (χ4v) is 2.25. The fraction of sp³-hybridized carbons (Fsp3) is 0.381. The first-order valence-corrected chi connectivity index (χ1v) is 10.0. The molecule has 0 saturated heterocycles. The zero-order valence-electron chi connectivity index (χ0n) is 21.2. The lowest BCUT2D eigenvalue weighted by molar-refractivity contribution is 0.111. The van der Waals surface area contributed by atoms with Crippen LogP contribution < -0.4 is 34.2 Å². The van der Waals surface area contributed by atoms with E-state index in [9.17, 15) is 4.79 Å². The number of nitrogens with two attached hydrogens (primary N) is 1. The molecule has 0 spiro atoms. The van der Waals surface area contributed by atoms with Gasteiger partial charge in [-0.05, 0) is 0 Å². The average Bonchev–Trinajstić information content (AvgIpc) is 2.96. The van der Waals surface area contributed by atoms with Crippen molar-refractivity contribution in [1.29, 1.82) is 0 Å². The number of carbonyl (C=O) groups excluding carboxylic acids is 1. The van der Waals surface area contributed by atoms with E-state index in [-0.39, 0.29) is 42.9 Å². The number of ether oxygens (including phenoxy) is 6. The molecule has 0 aliphatic heterocycles. The Labute approximate surface area is 219 Å². The van der Waals surface area contributed by atoms with Gasteiger partial charge in [0.15, 0.2) is 6.29 Å². The number of aliphatic hydroxyl groups excluding tert-OH is 1. The first kappa shape index (κ1) is 32.9. The lowest BCUT2D eigenvalue weighted by Crippen LogP contribution is -2.04. The molecule has 0 amide bonds. The molecule has 0 saturated carbocycles. The molecule has 3 rings (SSSR count). The lowest BCUT2D eigenvalue weighted by Gasteiger charge is -2.05. The number of methoxy groups -OCH3 is 6. The highest BCUT2D eigenvalue weighted by Crippen LogP contribution is 2.17. The number of hydrogen-bond donors (Lipinski definition) is 2. The second kappa shape index (κ2) is 18.2. The summed E-state index contributed by atoms with van der Waals surface area (Å²) >= 11 is 0.